The molecule has 1 saturated carbocycles. The predicted octanol–water partition coefficient (Wildman–Crippen LogP) is 0.981. The van der Waals surface area contributed by atoms with Crippen molar-refractivity contribution in [1.82, 2.24) is 5.32 Å². The van der Waals surface area contributed by atoms with Crippen molar-refractivity contribution in [3.05, 3.63) is 0 Å². The smallest absolute Gasteiger partial charge is 0.229 e. The number of hydrogen-bond acceptors (Lipinski definition) is 3. The average molecular weight is 216 g/mol. The van der Waals surface area contributed by atoms with E-state index in [-0.39, 0.29) is 11.9 Å². The molecule has 0 saturated heterocycles. The number of thioether (sulfide) groups is 1. The van der Waals surface area contributed by atoms with Gasteiger partial charge in [0.05, 0.1) is 5.75 Å². The Balaban J connectivity index is 2.30. The molecule has 82 valence electrons. The standard InChI is InChI=1S/C10H20N2OS/c1-7-3-4-8(11)9(5-7)14-6-10(13)12-2/h7-9H,3-6,11H2,1-2H3,(H,12,13). The van der Waals surface area contributed by atoms with Crippen molar-refractivity contribution in [1.29, 1.82) is 0 Å². The van der Waals surface area contributed by atoms with Crippen molar-refractivity contribution in [3.8, 4) is 0 Å². The molecule has 1 aliphatic rings. The molecular weight excluding hydrogens is 196 g/mol. The highest BCUT2D eigenvalue weighted by Gasteiger charge is 2.26. The van der Waals surface area contributed by atoms with Crippen molar-refractivity contribution in [2.45, 2.75) is 37.5 Å². The lowest BCUT2D eigenvalue weighted by Crippen LogP contribution is -2.38. The fourth-order valence-corrected chi connectivity index (χ4v) is 3.16. The second-order valence-corrected chi connectivity index (χ2v) is 5.33. The van der Waals surface area contributed by atoms with Crippen LogP contribution in [0.15, 0.2) is 0 Å². The molecule has 1 aliphatic carbocycles. The first-order chi connectivity index (χ1) is 6.63. The summed E-state index contributed by atoms with van der Waals surface area (Å²) < 4.78 is 0. The maximum absolute atomic E-state index is 11.1. The number of rotatable bonds is 3. The Labute approximate surface area is 90.2 Å². The van der Waals surface area contributed by atoms with Crippen LogP contribution in [0.25, 0.3) is 0 Å². The zero-order valence-corrected chi connectivity index (χ0v) is 9.77. The van der Waals surface area contributed by atoms with Gasteiger partial charge < -0.3 is 11.1 Å². The average Bonchev–Trinajstić information content (AvgIpc) is 2.19. The van der Waals surface area contributed by atoms with Crippen LogP contribution in [0.1, 0.15) is 26.2 Å². The van der Waals surface area contributed by atoms with Gasteiger partial charge in [-0.05, 0) is 25.2 Å². The molecule has 0 bridgehead atoms. The van der Waals surface area contributed by atoms with Crippen molar-refractivity contribution < 1.29 is 4.79 Å². The molecular formula is C10H20N2OS. The van der Waals surface area contributed by atoms with Gasteiger partial charge in [-0.15, -0.1) is 11.8 Å². The summed E-state index contributed by atoms with van der Waals surface area (Å²) >= 11 is 1.70. The first-order valence-corrected chi connectivity index (χ1v) is 6.26. The van der Waals surface area contributed by atoms with E-state index in [1.807, 2.05) is 0 Å². The normalized spacial score (nSPS) is 32.6. The van der Waals surface area contributed by atoms with Gasteiger partial charge in [0, 0.05) is 18.3 Å². The first kappa shape index (κ1) is 11.9. The Bertz CT molecular complexity index is 199. The fourth-order valence-electron chi connectivity index (χ4n) is 1.80. The minimum Gasteiger partial charge on any atom is -0.358 e. The van der Waals surface area contributed by atoms with E-state index in [0.29, 0.717) is 11.0 Å². The SMILES string of the molecule is CNC(=O)CSC1CC(C)CCC1N. The van der Waals surface area contributed by atoms with E-state index in [0.717, 1.165) is 18.8 Å². The number of carbonyl (C=O) groups is 1. The second kappa shape index (κ2) is 5.61. The zero-order valence-electron chi connectivity index (χ0n) is 8.95. The van der Waals surface area contributed by atoms with Crippen LogP contribution in [0, 0.1) is 5.92 Å². The Morgan fingerprint density at radius 1 is 1.57 bits per heavy atom. The quantitative estimate of drug-likeness (QED) is 0.739. The number of amides is 1. The van der Waals surface area contributed by atoms with Gasteiger partial charge in [0.25, 0.3) is 0 Å². The molecule has 1 rings (SSSR count). The molecule has 3 nitrogen and oxygen atoms in total. The molecule has 14 heavy (non-hydrogen) atoms. The van der Waals surface area contributed by atoms with Crippen LogP contribution < -0.4 is 11.1 Å². The largest absolute Gasteiger partial charge is 0.358 e. The lowest BCUT2D eigenvalue weighted by atomic mass is 9.87. The van der Waals surface area contributed by atoms with E-state index in [9.17, 15) is 4.79 Å². The minimum atomic E-state index is 0.0976. The van der Waals surface area contributed by atoms with Gasteiger partial charge >= 0.3 is 0 Å². The third-order valence-electron chi connectivity index (χ3n) is 2.81. The van der Waals surface area contributed by atoms with Crippen LogP contribution in [0.4, 0.5) is 0 Å². The van der Waals surface area contributed by atoms with Gasteiger partial charge in [-0.25, -0.2) is 0 Å². The van der Waals surface area contributed by atoms with E-state index in [1.165, 1.54) is 6.42 Å². The molecule has 0 aromatic carbocycles. The summed E-state index contributed by atoms with van der Waals surface area (Å²) in [6.07, 6.45) is 3.49. The van der Waals surface area contributed by atoms with Gasteiger partial charge in [0.15, 0.2) is 0 Å². The molecule has 0 spiro atoms. The molecule has 1 amide bonds. The molecule has 0 radical (unpaired) electrons. The number of nitrogens with two attached hydrogens (primary N) is 1. The molecule has 3 unspecified atom stereocenters. The number of carbonyl (C=O) groups excluding carboxylic acids is 1. The van der Waals surface area contributed by atoms with E-state index in [1.54, 1.807) is 18.8 Å². The van der Waals surface area contributed by atoms with Crippen LogP contribution in [-0.4, -0.2) is 30.0 Å². The lowest BCUT2D eigenvalue weighted by Gasteiger charge is -2.31. The second-order valence-electron chi connectivity index (χ2n) is 4.10. The fraction of sp³-hybridized carbons (Fsp3) is 0.900. The van der Waals surface area contributed by atoms with E-state index >= 15 is 0 Å². The maximum atomic E-state index is 11.1. The highest BCUT2D eigenvalue weighted by molar-refractivity contribution is 8.00. The highest BCUT2D eigenvalue weighted by atomic mass is 32.2. The lowest BCUT2D eigenvalue weighted by molar-refractivity contribution is -0.118. The van der Waals surface area contributed by atoms with Crippen LogP contribution in [0.3, 0.4) is 0 Å². The Kier molecular flexibility index (Phi) is 4.75. The Hall–Kier alpha value is -0.220. The van der Waals surface area contributed by atoms with Crippen LogP contribution >= 0.6 is 11.8 Å². The van der Waals surface area contributed by atoms with E-state index in [2.05, 4.69) is 12.2 Å². The monoisotopic (exact) mass is 216 g/mol. The summed E-state index contributed by atoms with van der Waals surface area (Å²) in [5.74, 6) is 1.40. The van der Waals surface area contributed by atoms with Gasteiger partial charge in [-0.1, -0.05) is 6.92 Å². The zero-order chi connectivity index (χ0) is 10.6. The number of hydrogen-bond donors (Lipinski definition) is 2. The van der Waals surface area contributed by atoms with Gasteiger partial charge in [0.2, 0.25) is 5.91 Å². The topological polar surface area (TPSA) is 55.1 Å². The third-order valence-corrected chi connectivity index (χ3v) is 4.21. The van der Waals surface area contributed by atoms with Gasteiger partial charge in [0.1, 0.15) is 0 Å². The van der Waals surface area contributed by atoms with Gasteiger partial charge in [-0.2, -0.15) is 0 Å². The molecule has 0 aliphatic heterocycles. The first-order valence-electron chi connectivity index (χ1n) is 5.21. The van der Waals surface area contributed by atoms with Gasteiger partial charge in [-0.3, -0.25) is 4.79 Å². The molecule has 0 heterocycles. The maximum Gasteiger partial charge on any atom is 0.229 e. The minimum absolute atomic E-state index is 0.0976. The molecule has 0 aromatic heterocycles. The summed E-state index contributed by atoms with van der Waals surface area (Å²) in [6, 6.07) is 0.279. The summed E-state index contributed by atoms with van der Waals surface area (Å²) in [6.45, 7) is 2.26. The van der Waals surface area contributed by atoms with Crippen molar-refractivity contribution >= 4 is 17.7 Å². The molecule has 3 N–H and O–H groups in total. The molecule has 4 heteroatoms. The van der Waals surface area contributed by atoms with E-state index in [4.69, 9.17) is 5.73 Å². The van der Waals surface area contributed by atoms with Crippen LogP contribution in [0.5, 0.6) is 0 Å². The summed E-state index contributed by atoms with van der Waals surface area (Å²) in [5, 5.41) is 3.10. The summed E-state index contributed by atoms with van der Waals surface area (Å²) in [4.78, 5) is 11.1. The van der Waals surface area contributed by atoms with Crippen molar-refractivity contribution in [3.63, 3.8) is 0 Å². The summed E-state index contributed by atoms with van der Waals surface area (Å²) in [5.41, 5.74) is 6.02. The van der Waals surface area contributed by atoms with Crippen molar-refractivity contribution in [2.75, 3.05) is 12.8 Å². The Morgan fingerprint density at radius 3 is 2.93 bits per heavy atom. The number of nitrogens with one attached hydrogen (secondary N) is 1. The van der Waals surface area contributed by atoms with E-state index < -0.39 is 0 Å². The molecule has 0 aromatic rings. The third kappa shape index (κ3) is 3.50. The van der Waals surface area contributed by atoms with Crippen LogP contribution in [0.2, 0.25) is 0 Å². The summed E-state index contributed by atoms with van der Waals surface area (Å²) in [7, 11) is 1.67. The molecule has 3 atom stereocenters. The molecule has 1 fully saturated rings. The van der Waals surface area contributed by atoms with Crippen molar-refractivity contribution in [2.24, 2.45) is 11.7 Å². The predicted molar refractivity (Wildman–Crippen MR) is 61.3 cm³/mol. The van der Waals surface area contributed by atoms with Crippen LogP contribution in [-0.2, 0) is 4.79 Å². The Morgan fingerprint density at radius 2 is 2.29 bits per heavy atom. The highest BCUT2D eigenvalue weighted by Crippen LogP contribution is 2.31.